The van der Waals surface area contributed by atoms with Gasteiger partial charge in [-0.1, -0.05) is 41.9 Å². The number of rotatable bonds is 5. The molecule has 0 atom stereocenters. The van der Waals surface area contributed by atoms with Crippen LogP contribution in [0, 0.1) is 0 Å². The highest BCUT2D eigenvalue weighted by Gasteiger charge is 2.31. The number of halogens is 4. The van der Waals surface area contributed by atoms with Gasteiger partial charge >= 0.3 is 6.18 Å². The number of alkyl halides is 3. The summed E-state index contributed by atoms with van der Waals surface area (Å²) in [4.78, 5) is 12.1. The van der Waals surface area contributed by atoms with E-state index in [4.69, 9.17) is 16.0 Å². The van der Waals surface area contributed by atoms with E-state index >= 15 is 0 Å². The molecule has 0 fully saturated rings. The van der Waals surface area contributed by atoms with Crippen LogP contribution in [0.25, 0.3) is 11.3 Å². The fourth-order valence-electron chi connectivity index (χ4n) is 2.52. The highest BCUT2D eigenvalue weighted by Crippen LogP contribution is 2.34. The Morgan fingerprint density at radius 2 is 1.78 bits per heavy atom. The lowest BCUT2D eigenvalue weighted by Crippen LogP contribution is -2.14. The molecule has 0 aliphatic heterocycles. The van der Waals surface area contributed by atoms with E-state index in [1.54, 1.807) is 6.07 Å². The van der Waals surface area contributed by atoms with Crippen molar-refractivity contribution in [3.63, 3.8) is 0 Å². The van der Waals surface area contributed by atoms with Gasteiger partial charge < -0.3 is 9.73 Å². The third kappa shape index (κ3) is 4.92. The number of hydrogen-bond acceptors (Lipinski definition) is 2. The highest BCUT2D eigenvalue weighted by atomic mass is 35.5. The molecule has 3 rings (SSSR count). The fraction of sp³-hybridized carbons (Fsp3) is 0.150. The smallest absolute Gasteiger partial charge is 0.416 e. The topological polar surface area (TPSA) is 42.2 Å². The fourth-order valence-corrected chi connectivity index (χ4v) is 2.68. The van der Waals surface area contributed by atoms with E-state index < -0.39 is 17.6 Å². The van der Waals surface area contributed by atoms with Crippen LogP contribution in [-0.2, 0) is 17.4 Å². The normalized spacial score (nSPS) is 11.4. The van der Waals surface area contributed by atoms with Crippen LogP contribution in [0.15, 0.2) is 65.1 Å². The molecule has 0 aliphatic rings. The van der Waals surface area contributed by atoms with Gasteiger partial charge in [0.15, 0.2) is 0 Å². The maximum Gasteiger partial charge on any atom is 0.416 e. The van der Waals surface area contributed by atoms with Crippen LogP contribution >= 0.6 is 11.6 Å². The molecule has 1 heterocycles. The van der Waals surface area contributed by atoms with E-state index in [0.29, 0.717) is 17.9 Å². The summed E-state index contributed by atoms with van der Waals surface area (Å²) in [6.45, 7) is 0. The summed E-state index contributed by atoms with van der Waals surface area (Å²) in [7, 11) is 0. The van der Waals surface area contributed by atoms with Crippen LogP contribution in [0.4, 0.5) is 18.9 Å². The average molecular weight is 394 g/mol. The standard InChI is InChI=1S/C20H15ClF3NO2/c21-16-9-6-14(20(22,23)24)12-17(16)25-19(26)11-8-15-7-10-18(27-15)13-4-2-1-3-5-13/h1-7,9-10,12H,8,11H2,(H,25,26). The van der Waals surface area contributed by atoms with Crippen molar-refractivity contribution in [2.24, 2.45) is 0 Å². The Kier molecular flexibility index (Phi) is 5.56. The summed E-state index contributed by atoms with van der Waals surface area (Å²) in [5.74, 6) is 0.847. The monoisotopic (exact) mass is 393 g/mol. The van der Waals surface area contributed by atoms with Crippen molar-refractivity contribution in [1.29, 1.82) is 0 Å². The summed E-state index contributed by atoms with van der Waals surface area (Å²) in [5, 5.41) is 2.46. The maximum atomic E-state index is 12.8. The molecule has 0 unspecified atom stereocenters. The molecule has 0 bridgehead atoms. The van der Waals surface area contributed by atoms with E-state index in [2.05, 4.69) is 5.32 Å². The number of aryl methyl sites for hydroxylation is 1. The van der Waals surface area contributed by atoms with Crippen LogP contribution in [0.1, 0.15) is 17.7 Å². The summed E-state index contributed by atoms with van der Waals surface area (Å²) >= 11 is 5.88. The third-order valence-electron chi connectivity index (χ3n) is 3.89. The highest BCUT2D eigenvalue weighted by molar-refractivity contribution is 6.33. The molecule has 0 aliphatic carbocycles. The van der Waals surface area contributed by atoms with Gasteiger partial charge in [0.1, 0.15) is 11.5 Å². The number of carbonyl (C=O) groups is 1. The Morgan fingerprint density at radius 1 is 1.04 bits per heavy atom. The molecule has 7 heteroatoms. The minimum Gasteiger partial charge on any atom is -0.461 e. The van der Waals surface area contributed by atoms with E-state index in [9.17, 15) is 18.0 Å². The van der Waals surface area contributed by atoms with Crippen molar-refractivity contribution in [2.75, 3.05) is 5.32 Å². The summed E-state index contributed by atoms with van der Waals surface area (Å²) < 4.78 is 44.0. The minimum atomic E-state index is -4.51. The molecule has 1 aromatic heterocycles. The van der Waals surface area contributed by atoms with Crippen molar-refractivity contribution in [3.8, 4) is 11.3 Å². The second kappa shape index (κ2) is 7.88. The zero-order valence-corrected chi connectivity index (χ0v) is 14.8. The molecule has 3 nitrogen and oxygen atoms in total. The Bertz CT molecular complexity index is 936. The van der Waals surface area contributed by atoms with Gasteiger partial charge in [-0.15, -0.1) is 0 Å². The van der Waals surface area contributed by atoms with Gasteiger partial charge in [-0.3, -0.25) is 4.79 Å². The number of furan rings is 1. The lowest BCUT2D eigenvalue weighted by Gasteiger charge is -2.11. The quantitative estimate of drug-likeness (QED) is 0.561. The van der Waals surface area contributed by atoms with Crippen LogP contribution in [-0.4, -0.2) is 5.91 Å². The van der Waals surface area contributed by atoms with Gasteiger partial charge in [-0.2, -0.15) is 13.2 Å². The summed E-state index contributed by atoms with van der Waals surface area (Å²) in [6, 6.07) is 15.9. The molecule has 0 saturated carbocycles. The molecule has 0 saturated heterocycles. The average Bonchev–Trinajstić information content (AvgIpc) is 3.11. The first kappa shape index (κ1) is 19.0. The van der Waals surface area contributed by atoms with Crippen molar-refractivity contribution in [1.82, 2.24) is 0 Å². The first-order valence-corrected chi connectivity index (χ1v) is 8.51. The number of nitrogens with one attached hydrogen (secondary N) is 1. The second-order valence-corrected chi connectivity index (χ2v) is 6.28. The maximum absolute atomic E-state index is 12.8. The van der Waals surface area contributed by atoms with E-state index in [1.807, 2.05) is 36.4 Å². The Labute approximate surface area is 158 Å². The van der Waals surface area contributed by atoms with Crippen LogP contribution in [0.2, 0.25) is 5.02 Å². The van der Waals surface area contributed by atoms with Crippen molar-refractivity contribution in [3.05, 3.63) is 77.0 Å². The van der Waals surface area contributed by atoms with Crippen LogP contribution in [0.5, 0.6) is 0 Å². The lowest BCUT2D eigenvalue weighted by molar-refractivity contribution is -0.137. The SMILES string of the molecule is O=C(CCc1ccc(-c2ccccc2)o1)Nc1cc(C(F)(F)F)ccc1Cl. The molecular formula is C20H15ClF3NO2. The Hall–Kier alpha value is -2.73. The van der Waals surface area contributed by atoms with Gasteiger partial charge in [0.2, 0.25) is 5.91 Å². The number of hydrogen-bond donors (Lipinski definition) is 1. The van der Waals surface area contributed by atoms with Crippen LogP contribution < -0.4 is 5.32 Å². The van der Waals surface area contributed by atoms with Crippen molar-refractivity contribution in [2.45, 2.75) is 19.0 Å². The first-order chi connectivity index (χ1) is 12.8. The number of amides is 1. The van der Waals surface area contributed by atoms with Crippen LogP contribution in [0.3, 0.4) is 0 Å². The molecule has 0 radical (unpaired) electrons. The van der Waals surface area contributed by atoms with E-state index in [-0.39, 0.29) is 17.1 Å². The Morgan fingerprint density at radius 3 is 2.48 bits per heavy atom. The van der Waals surface area contributed by atoms with Gasteiger partial charge in [-0.05, 0) is 30.3 Å². The second-order valence-electron chi connectivity index (χ2n) is 5.87. The van der Waals surface area contributed by atoms with Gasteiger partial charge in [0.25, 0.3) is 0 Å². The molecule has 3 aromatic rings. The lowest BCUT2D eigenvalue weighted by atomic mass is 10.2. The van der Waals surface area contributed by atoms with Gasteiger partial charge in [-0.25, -0.2) is 0 Å². The summed E-state index contributed by atoms with van der Waals surface area (Å²) in [6.07, 6.45) is -4.14. The molecular weight excluding hydrogens is 379 g/mol. The minimum absolute atomic E-state index is 0.0423. The molecule has 1 N–H and O–H groups in total. The van der Waals surface area contributed by atoms with E-state index in [1.165, 1.54) is 0 Å². The first-order valence-electron chi connectivity index (χ1n) is 8.13. The van der Waals surface area contributed by atoms with Gasteiger partial charge in [0.05, 0.1) is 16.3 Å². The number of anilines is 1. The number of benzene rings is 2. The van der Waals surface area contributed by atoms with E-state index in [0.717, 1.165) is 23.8 Å². The Balaban J connectivity index is 1.62. The number of carbonyl (C=O) groups excluding carboxylic acids is 1. The molecule has 27 heavy (non-hydrogen) atoms. The van der Waals surface area contributed by atoms with Gasteiger partial charge in [0, 0.05) is 18.4 Å². The molecule has 140 valence electrons. The molecule has 0 spiro atoms. The molecule has 1 amide bonds. The predicted octanol–water partition coefficient (Wildman–Crippen LogP) is 6.19. The predicted molar refractivity (Wildman–Crippen MR) is 97.5 cm³/mol. The van der Waals surface area contributed by atoms with Crippen molar-refractivity contribution < 1.29 is 22.4 Å². The zero-order valence-electron chi connectivity index (χ0n) is 14.0. The zero-order chi connectivity index (χ0) is 19.4. The largest absolute Gasteiger partial charge is 0.461 e. The van der Waals surface area contributed by atoms with Crippen molar-refractivity contribution >= 4 is 23.2 Å². The third-order valence-corrected chi connectivity index (χ3v) is 4.22. The molecule has 2 aromatic carbocycles. The summed E-state index contributed by atoms with van der Waals surface area (Å²) in [5.41, 5.74) is -0.0226.